The van der Waals surface area contributed by atoms with E-state index in [2.05, 4.69) is 9.47 Å². The van der Waals surface area contributed by atoms with Crippen molar-refractivity contribution in [3.05, 3.63) is 26.4 Å². The van der Waals surface area contributed by atoms with Gasteiger partial charge in [-0.3, -0.25) is 18.7 Å². The Morgan fingerprint density at radius 1 is 1.21 bits per heavy atom. The third-order valence-electron chi connectivity index (χ3n) is 3.59. The average molecular weight is 446 g/mol. The van der Waals surface area contributed by atoms with E-state index in [0.717, 1.165) is 0 Å². The van der Waals surface area contributed by atoms with E-state index in [-0.39, 0.29) is 23.8 Å². The van der Waals surface area contributed by atoms with Gasteiger partial charge in [0.1, 0.15) is 4.83 Å². The van der Waals surface area contributed by atoms with Gasteiger partial charge in [-0.15, -0.1) is 13.2 Å². The fourth-order valence-electron chi connectivity index (χ4n) is 2.59. The normalized spacial score (nSPS) is 12.3. The Kier molecular flexibility index (Phi) is 6.67. The van der Waals surface area contributed by atoms with Crippen molar-refractivity contribution in [3.63, 3.8) is 0 Å². The van der Waals surface area contributed by atoms with Gasteiger partial charge in [-0.05, 0) is 5.92 Å². The van der Waals surface area contributed by atoms with Crippen LogP contribution in [0.3, 0.4) is 0 Å². The molecule has 0 saturated heterocycles. The zero-order valence-corrected chi connectivity index (χ0v) is 15.8. The molecule has 0 atom stereocenters. The molecular formula is C15H15F5N2O6S. The molecule has 29 heavy (non-hydrogen) atoms. The molecule has 1 N–H and O–H groups in total. The maximum atomic E-state index is 13.6. The van der Waals surface area contributed by atoms with Gasteiger partial charge in [0.15, 0.2) is 5.06 Å². The predicted octanol–water partition coefficient (Wildman–Crippen LogP) is 3.41. The van der Waals surface area contributed by atoms with Gasteiger partial charge < -0.3 is 9.84 Å². The first-order valence-corrected chi connectivity index (χ1v) is 8.84. The van der Waals surface area contributed by atoms with Crippen LogP contribution in [0.4, 0.5) is 26.7 Å². The van der Waals surface area contributed by atoms with Crippen molar-refractivity contribution in [1.82, 2.24) is 9.13 Å². The van der Waals surface area contributed by atoms with Crippen molar-refractivity contribution >= 4 is 27.7 Å². The van der Waals surface area contributed by atoms with Gasteiger partial charge in [0.2, 0.25) is 0 Å². The summed E-state index contributed by atoms with van der Waals surface area (Å²) in [4.78, 5) is 35.7. The Bertz CT molecular complexity index is 1020. The summed E-state index contributed by atoms with van der Waals surface area (Å²) in [5.41, 5.74) is -3.19. The summed E-state index contributed by atoms with van der Waals surface area (Å²) >= 11 is 0.251. The number of halogens is 5. The summed E-state index contributed by atoms with van der Waals surface area (Å²) in [5.74, 6) is -0.277. The molecule has 162 valence electrons. The molecule has 0 fully saturated rings. The minimum atomic E-state index is -4.99. The lowest BCUT2D eigenvalue weighted by Crippen LogP contribution is -2.41. The third kappa shape index (κ3) is 5.12. The molecule has 0 spiro atoms. The van der Waals surface area contributed by atoms with Crippen molar-refractivity contribution in [1.29, 1.82) is 0 Å². The topological polar surface area (TPSA) is 99.8 Å². The summed E-state index contributed by atoms with van der Waals surface area (Å²) in [6, 6.07) is 0. The van der Waals surface area contributed by atoms with E-state index in [0.29, 0.717) is 9.13 Å². The first-order valence-electron chi connectivity index (χ1n) is 8.03. The molecule has 0 radical (unpaired) electrons. The number of fused-ring (bicyclic) bond motifs is 1. The average Bonchev–Trinajstić information content (AvgIpc) is 2.91. The highest BCUT2D eigenvalue weighted by Gasteiger charge is 2.31. The molecule has 2 aromatic rings. The van der Waals surface area contributed by atoms with Gasteiger partial charge in [0, 0.05) is 6.54 Å². The highest BCUT2D eigenvalue weighted by Crippen LogP contribution is 2.41. The van der Waals surface area contributed by atoms with Crippen LogP contribution in [0.5, 0.6) is 5.06 Å². The molecule has 0 aliphatic rings. The van der Waals surface area contributed by atoms with E-state index in [1.807, 2.05) is 0 Å². The van der Waals surface area contributed by atoms with Gasteiger partial charge in [0.05, 0.1) is 24.1 Å². The van der Waals surface area contributed by atoms with E-state index in [1.54, 1.807) is 13.8 Å². The van der Waals surface area contributed by atoms with Crippen LogP contribution in [0.1, 0.15) is 25.8 Å². The number of ether oxygens (including phenoxy) is 2. The lowest BCUT2D eigenvalue weighted by Gasteiger charge is -2.14. The zero-order valence-electron chi connectivity index (χ0n) is 15.0. The molecule has 2 rings (SSSR count). The van der Waals surface area contributed by atoms with Crippen molar-refractivity contribution < 1.29 is 41.3 Å². The van der Waals surface area contributed by atoms with Gasteiger partial charge in [-0.25, -0.2) is 18.4 Å². The number of nitrogens with zero attached hydrogens (tertiary/aromatic N) is 2. The SMILES string of the molecule is CC(C)Cn1c(=O)c2c(C(F)F)c(OC(=O)O)sc2n(CCOC(F)(F)F)c1=O. The van der Waals surface area contributed by atoms with Gasteiger partial charge in [-0.1, -0.05) is 25.2 Å². The van der Waals surface area contributed by atoms with Crippen molar-refractivity contribution in [2.24, 2.45) is 5.92 Å². The van der Waals surface area contributed by atoms with Crippen LogP contribution in [0, 0.1) is 5.92 Å². The maximum Gasteiger partial charge on any atom is 0.522 e. The standard InChI is InChI=1S/C15H15F5N2O6S/c1-6(2)5-22-10(23)8-7(9(16)17)12(28-14(25)26)29-11(8)21(13(22)24)3-4-27-15(18,19)20/h6,9H,3-5H2,1-2H3,(H,25,26). The summed E-state index contributed by atoms with van der Waals surface area (Å²) < 4.78 is 73.1. The van der Waals surface area contributed by atoms with Gasteiger partial charge in [-0.2, -0.15) is 0 Å². The van der Waals surface area contributed by atoms with Crippen molar-refractivity contribution in [2.75, 3.05) is 6.61 Å². The molecule has 0 unspecified atom stereocenters. The quantitative estimate of drug-likeness (QED) is 0.517. The summed E-state index contributed by atoms with van der Waals surface area (Å²) in [5, 5.41) is 7.21. The molecule has 8 nitrogen and oxygen atoms in total. The van der Waals surface area contributed by atoms with Crippen LogP contribution in [-0.4, -0.2) is 33.4 Å². The maximum absolute atomic E-state index is 13.6. The van der Waals surface area contributed by atoms with Gasteiger partial charge in [0.25, 0.3) is 12.0 Å². The minimum absolute atomic E-state index is 0.193. The number of carboxylic acid groups (broad SMARTS) is 1. The van der Waals surface area contributed by atoms with Gasteiger partial charge >= 0.3 is 18.2 Å². The smallest absolute Gasteiger partial charge is 0.449 e. The van der Waals surface area contributed by atoms with Crippen molar-refractivity contribution in [2.45, 2.75) is 39.7 Å². The number of aromatic nitrogens is 2. The largest absolute Gasteiger partial charge is 0.522 e. The van der Waals surface area contributed by atoms with Crippen LogP contribution >= 0.6 is 11.3 Å². The molecule has 0 bridgehead atoms. The molecule has 0 saturated carbocycles. The minimum Gasteiger partial charge on any atom is -0.449 e. The van der Waals surface area contributed by atoms with Crippen molar-refractivity contribution in [3.8, 4) is 5.06 Å². The van der Waals surface area contributed by atoms with E-state index in [9.17, 15) is 36.3 Å². The zero-order chi connectivity index (χ0) is 22.1. The lowest BCUT2D eigenvalue weighted by molar-refractivity contribution is -0.325. The third-order valence-corrected chi connectivity index (χ3v) is 4.69. The molecule has 0 aliphatic heterocycles. The highest BCUT2D eigenvalue weighted by atomic mass is 32.1. The van der Waals surface area contributed by atoms with E-state index < -0.39 is 64.2 Å². The molecule has 14 heteroatoms. The first kappa shape index (κ1) is 22.8. The second-order valence-electron chi connectivity index (χ2n) is 6.19. The Morgan fingerprint density at radius 3 is 2.31 bits per heavy atom. The number of carbonyl (C=O) groups is 1. The van der Waals surface area contributed by atoms with E-state index >= 15 is 0 Å². The highest BCUT2D eigenvalue weighted by molar-refractivity contribution is 7.20. The fraction of sp³-hybridized carbons (Fsp3) is 0.533. The molecule has 0 aromatic carbocycles. The van der Waals surface area contributed by atoms with Crippen LogP contribution in [0.25, 0.3) is 10.2 Å². The summed E-state index contributed by atoms with van der Waals surface area (Å²) in [6.07, 6.45) is -10.3. The molecular weight excluding hydrogens is 431 g/mol. The van der Waals surface area contributed by atoms with Crippen LogP contribution < -0.4 is 16.0 Å². The second kappa shape index (κ2) is 8.49. The fourth-order valence-corrected chi connectivity index (χ4v) is 3.76. The second-order valence-corrected chi connectivity index (χ2v) is 7.15. The Morgan fingerprint density at radius 2 is 1.83 bits per heavy atom. The summed E-state index contributed by atoms with van der Waals surface area (Å²) in [7, 11) is 0. The Balaban J connectivity index is 2.79. The number of alkyl halides is 5. The Labute approximate surface area is 162 Å². The van der Waals surface area contributed by atoms with Crippen LogP contribution in [0.15, 0.2) is 9.59 Å². The lowest BCUT2D eigenvalue weighted by atomic mass is 10.2. The molecule has 0 aliphatic carbocycles. The molecule has 0 amide bonds. The van der Waals surface area contributed by atoms with E-state index in [4.69, 9.17) is 5.11 Å². The number of thiophene rings is 1. The summed E-state index contributed by atoms with van der Waals surface area (Å²) in [6.45, 7) is 1.32. The van der Waals surface area contributed by atoms with E-state index in [1.165, 1.54) is 0 Å². The first-order chi connectivity index (χ1) is 13.3. The molecule has 2 aromatic heterocycles. The van der Waals surface area contributed by atoms with Crippen LogP contribution in [0.2, 0.25) is 0 Å². The number of hydrogen-bond acceptors (Lipinski definition) is 6. The Hall–Kier alpha value is -2.48. The number of rotatable bonds is 7. The molecule has 2 heterocycles. The monoisotopic (exact) mass is 446 g/mol. The predicted molar refractivity (Wildman–Crippen MR) is 90.8 cm³/mol. The van der Waals surface area contributed by atoms with Crippen LogP contribution in [-0.2, 0) is 17.8 Å². The number of hydrogen-bond donors (Lipinski definition) is 1.